The van der Waals surface area contributed by atoms with Crippen LogP contribution in [0.2, 0.25) is 0 Å². The van der Waals surface area contributed by atoms with E-state index in [0.29, 0.717) is 24.1 Å². The van der Waals surface area contributed by atoms with Crippen LogP contribution in [0.3, 0.4) is 0 Å². The van der Waals surface area contributed by atoms with Gasteiger partial charge in [-0.25, -0.2) is 0 Å². The van der Waals surface area contributed by atoms with Crippen LogP contribution in [0.15, 0.2) is 42.5 Å². The number of carbonyl (C=O) groups excluding carboxylic acids is 3. The Balaban J connectivity index is 1.50. The average molecular weight is 534 g/mol. The summed E-state index contributed by atoms with van der Waals surface area (Å²) in [5.41, 5.74) is 3.98. The molecule has 30 heavy (non-hydrogen) atoms. The quantitative estimate of drug-likeness (QED) is 0.447. The fourth-order valence-corrected chi connectivity index (χ4v) is 5.37. The summed E-state index contributed by atoms with van der Waals surface area (Å²) in [6.07, 6.45) is 1.27. The van der Waals surface area contributed by atoms with Gasteiger partial charge in [-0.05, 0) is 74.2 Å². The Labute approximate surface area is 192 Å². The second-order valence-corrected chi connectivity index (χ2v) is 10.4. The van der Waals surface area contributed by atoms with Gasteiger partial charge in [0, 0.05) is 20.9 Å². The van der Waals surface area contributed by atoms with E-state index in [9.17, 15) is 14.4 Å². The van der Waals surface area contributed by atoms with Crippen molar-refractivity contribution in [3.8, 4) is 0 Å². The van der Waals surface area contributed by atoms with Crippen LogP contribution in [0.1, 0.15) is 34.3 Å². The number of aryl methyl sites for hydroxylation is 2. The third kappa shape index (κ3) is 3.85. The molecule has 0 unspecified atom stereocenters. The van der Waals surface area contributed by atoms with Gasteiger partial charge in [-0.2, -0.15) is 0 Å². The minimum absolute atomic E-state index is 0.152. The van der Waals surface area contributed by atoms with Gasteiger partial charge in [-0.1, -0.05) is 37.9 Å². The summed E-state index contributed by atoms with van der Waals surface area (Å²) >= 11 is 7.20. The largest absolute Gasteiger partial charge is 0.322 e. The second kappa shape index (κ2) is 8.27. The zero-order valence-electron chi connectivity index (χ0n) is 16.7. The topological polar surface area (TPSA) is 66.5 Å². The Morgan fingerprint density at radius 3 is 2.00 bits per heavy atom. The lowest BCUT2D eigenvalue weighted by molar-refractivity contribution is -0.122. The first-order chi connectivity index (χ1) is 14.3. The summed E-state index contributed by atoms with van der Waals surface area (Å²) in [7, 11) is 0. The molecule has 4 rings (SSSR count). The van der Waals surface area contributed by atoms with Gasteiger partial charge in [0.25, 0.3) is 5.91 Å². The number of amides is 3. The van der Waals surface area contributed by atoms with Crippen LogP contribution < -0.4 is 10.2 Å². The van der Waals surface area contributed by atoms with Crippen LogP contribution >= 0.6 is 31.9 Å². The van der Waals surface area contributed by atoms with Crippen LogP contribution in [-0.4, -0.2) is 27.4 Å². The molecule has 5 nitrogen and oxygen atoms in total. The molecular weight excluding hydrogens is 512 g/mol. The molecule has 1 N–H and O–H groups in total. The normalized spacial score (nSPS) is 25.9. The molecule has 2 fully saturated rings. The average Bonchev–Trinajstić information content (AvgIpc) is 2.95. The molecule has 1 saturated heterocycles. The number of hydrogen-bond donors (Lipinski definition) is 1. The predicted molar refractivity (Wildman–Crippen MR) is 124 cm³/mol. The maximum Gasteiger partial charge on any atom is 0.255 e. The van der Waals surface area contributed by atoms with Crippen LogP contribution in [-0.2, 0) is 9.59 Å². The van der Waals surface area contributed by atoms with Gasteiger partial charge in [-0.15, -0.1) is 0 Å². The molecule has 3 amide bonds. The van der Waals surface area contributed by atoms with E-state index < -0.39 is 0 Å². The van der Waals surface area contributed by atoms with Crippen LogP contribution in [0, 0.1) is 25.7 Å². The number of halogens is 2. The van der Waals surface area contributed by atoms with Gasteiger partial charge in [0.2, 0.25) is 11.8 Å². The van der Waals surface area contributed by atoms with Gasteiger partial charge in [0.05, 0.1) is 17.5 Å². The highest BCUT2D eigenvalue weighted by Crippen LogP contribution is 2.44. The van der Waals surface area contributed by atoms with Crippen LogP contribution in [0.5, 0.6) is 0 Å². The van der Waals surface area contributed by atoms with Crippen molar-refractivity contribution in [2.75, 3.05) is 10.2 Å². The van der Waals surface area contributed by atoms with Crippen molar-refractivity contribution < 1.29 is 14.4 Å². The van der Waals surface area contributed by atoms with Gasteiger partial charge in [0.15, 0.2) is 0 Å². The molecule has 4 atom stereocenters. The number of alkyl halides is 2. The molecule has 1 aliphatic carbocycles. The Hall–Kier alpha value is -1.99. The number of benzene rings is 2. The van der Waals surface area contributed by atoms with E-state index in [1.165, 1.54) is 4.90 Å². The number of anilines is 2. The molecular formula is C23H22Br2N2O3. The summed E-state index contributed by atoms with van der Waals surface area (Å²) < 4.78 is 0. The van der Waals surface area contributed by atoms with Gasteiger partial charge < -0.3 is 5.32 Å². The molecule has 1 saturated carbocycles. The van der Waals surface area contributed by atoms with Crippen molar-refractivity contribution in [2.45, 2.75) is 36.3 Å². The van der Waals surface area contributed by atoms with E-state index in [4.69, 9.17) is 0 Å². The summed E-state index contributed by atoms with van der Waals surface area (Å²) in [4.78, 5) is 40.0. The Morgan fingerprint density at radius 2 is 1.47 bits per heavy atom. The lowest BCUT2D eigenvalue weighted by atomic mass is 9.81. The molecule has 0 bridgehead atoms. The van der Waals surface area contributed by atoms with Crippen molar-refractivity contribution >= 4 is 61.0 Å². The smallest absolute Gasteiger partial charge is 0.255 e. The van der Waals surface area contributed by atoms with E-state index in [1.54, 1.807) is 24.3 Å². The second-order valence-electron chi connectivity index (χ2n) is 8.03. The number of nitrogens with one attached hydrogen (secondary N) is 1. The van der Waals surface area contributed by atoms with Crippen molar-refractivity contribution in [3.63, 3.8) is 0 Å². The molecule has 156 valence electrons. The summed E-state index contributed by atoms with van der Waals surface area (Å²) in [5, 5.41) is 2.89. The first kappa shape index (κ1) is 21.2. The highest BCUT2D eigenvalue weighted by Gasteiger charge is 2.52. The predicted octanol–water partition coefficient (Wildman–Crippen LogP) is 4.98. The van der Waals surface area contributed by atoms with Gasteiger partial charge >= 0.3 is 0 Å². The lowest BCUT2D eigenvalue weighted by Crippen LogP contribution is -2.34. The van der Waals surface area contributed by atoms with Crippen molar-refractivity contribution in [1.82, 2.24) is 0 Å². The molecule has 1 heterocycles. The molecule has 2 aliphatic rings. The number of nitrogens with zero attached hydrogens (tertiary/aromatic N) is 1. The Kier molecular flexibility index (Phi) is 5.86. The third-order valence-electron chi connectivity index (χ3n) is 6.06. The molecule has 2 aromatic carbocycles. The minimum atomic E-state index is -0.288. The van der Waals surface area contributed by atoms with E-state index in [0.717, 1.165) is 16.8 Å². The molecule has 0 aromatic heterocycles. The molecule has 0 spiro atoms. The van der Waals surface area contributed by atoms with Crippen molar-refractivity contribution in [3.05, 3.63) is 59.2 Å². The number of carbonyl (C=O) groups is 3. The van der Waals surface area contributed by atoms with Crippen molar-refractivity contribution in [2.24, 2.45) is 11.8 Å². The number of hydrogen-bond acceptors (Lipinski definition) is 3. The highest BCUT2D eigenvalue weighted by atomic mass is 79.9. The van der Waals surface area contributed by atoms with Crippen LogP contribution in [0.25, 0.3) is 0 Å². The number of imide groups is 1. The van der Waals surface area contributed by atoms with E-state index >= 15 is 0 Å². The first-order valence-corrected chi connectivity index (χ1v) is 11.7. The fourth-order valence-electron chi connectivity index (χ4n) is 4.13. The highest BCUT2D eigenvalue weighted by molar-refractivity contribution is 9.12. The fraction of sp³-hybridized carbons (Fsp3) is 0.348. The van der Waals surface area contributed by atoms with E-state index in [1.807, 2.05) is 32.0 Å². The van der Waals surface area contributed by atoms with E-state index in [-0.39, 0.29) is 39.2 Å². The van der Waals surface area contributed by atoms with Crippen molar-refractivity contribution in [1.29, 1.82) is 0 Å². The lowest BCUT2D eigenvalue weighted by Gasteiger charge is -2.29. The number of rotatable bonds is 3. The zero-order chi connectivity index (χ0) is 21.6. The molecule has 2 aromatic rings. The first-order valence-electron chi connectivity index (χ1n) is 9.91. The SMILES string of the molecule is Cc1ccc(NC(=O)c2ccc(N3C(=O)[C@@H]4C[C@@H](Br)[C@@H](Br)C[C@H]4C3=O)cc2)cc1C. The minimum Gasteiger partial charge on any atom is -0.322 e. The maximum atomic E-state index is 12.9. The molecule has 7 heteroatoms. The molecule has 1 aliphatic heterocycles. The standard InChI is InChI=1S/C23H22Br2N2O3/c1-12-3-6-15(9-13(12)2)26-21(28)14-4-7-16(8-5-14)27-22(29)17-10-19(24)20(25)11-18(17)23(27)30/h3-9,17-20H,10-11H2,1-2H3,(H,26,28)/t17-,18-,19-,20+/m1/s1. The third-order valence-corrected chi connectivity index (χ3v) is 8.80. The molecule has 0 radical (unpaired) electrons. The summed E-state index contributed by atoms with van der Waals surface area (Å²) in [6.45, 7) is 4.02. The Morgan fingerprint density at radius 1 is 0.900 bits per heavy atom. The number of fused-ring (bicyclic) bond motifs is 1. The summed E-state index contributed by atoms with van der Waals surface area (Å²) in [6, 6.07) is 12.4. The van der Waals surface area contributed by atoms with Crippen LogP contribution in [0.4, 0.5) is 11.4 Å². The summed E-state index contributed by atoms with van der Waals surface area (Å²) in [5.74, 6) is -1.11. The monoisotopic (exact) mass is 532 g/mol. The van der Waals surface area contributed by atoms with E-state index in [2.05, 4.69) is 37.2 Å². The maximum absolute atomic E-state index is 12.9. The van der Waals surface area contributed by atoms with Gasteiger partial charge in [0.1, 0.15) is 0 Å². The zero-order valence-corrected chi connectivity index (χ0v) is 19.9. The van der Waals surface area contributed by atoms with Gasteiger partial charge in [-0.3, -0.25) is 19.3 Å². The Bertz CT molecular complexity index is 994.